The Bertz CT molecular complexity index is 540. The van der Waals surface area contributed by atoms with E-state index in [1.165, 1.54) is 6.33 Å². The van der Waals surface area contributed by atoms with Gasteiger partial charge in [-0.2, -0.15) is 9.97 Å². The Morgan fingerprint density at radius 3 is 3.06 bits per heavy atom. The summed E-state index contributed by atoms with van der Waals surface area (Å²) in [5.41, 5.74) is 0.962. The van der Waals surface area contributed by atoms with Crippen molar-refractivity contribution in [1.29, 1.82) is 0 Å². The molecular weight excluding hydrogens is 297 g/mol. The molecule has 0 fully saturated rings. The second-order valence-electron chi connectivity index (χ2n) is 3.04. The van der Waals surface area contributed by atoms with Gasteiger partial charge in [-0.05, 0) is 6.92 Å². The largest absolute Gasteiger partial charge is 0.341 e. The predicted octanol–water partition coefficient (Wildman–Crippen LogP) is 1.73. The van der Waals surface area contributed by atoms with E-state index in [1.807, 2.05) is 0 Å². The minimum atomic E-state index is -0.329. The normalized spacial score (nSPS) is 12.7. The van der Waals surface area contributed by atoms with E-state index in [9.17, 15) is 4.79 Å². The van der Waals surface area contributed by atoms with E-state index in [-0.39, 0.29) is 21.8 Å². The van der Waals surface area contributed by atoms with Crippen LogP contribution in [0.4, 0.5) is 5.95 Å². The summed E-state index contributed by atoms with van der Waals surface area (Å²) in [6.07, 6.45) is 1.46. The maximum atomic E-state index is 11.4. The molecule has 0 aliphatic rings. The molecular formula is C8H7BrClN5O. The summed E-state index contributed by atoms with van der Waals surface area (Å²) < 4.78 is 0. The number of halogens is 2. The summed E-state index contributed by atoms with van der Waals surface area (Å²) in [5.74, 6) is -0.105. The molecule has 16 heavy (non-hydrogen) atoms. The molecule has 2 aromatic heterocycles. The van der Waals surface area contributed by atoms with Gasteiger partial charge in [0, 0.05) is 0 Å². The van der Waals surface area contributed by atoms with Crippen molar-refractivity contribution in [2.24, 2.45) is 0 Å². The molecule has 8 heteroatoms. The Morgan fingerprint density at radius 1 is 1.62 bits per heavy atom. The lowest BCUT2D eigenvalue weighted by Crippen LogP contribution is -2.21. The zero-order chi connectivity index (χ0) is 11.7. The number of amides is 1. The number of aromatic amines is 1. The standard InChI is InChI=1S/C8H7BrClN5O/c1-3(9)7(16)15-8-13-5(10)4-6(14-8)12-2-11-4/h2-3H,1H3,(H2,11,12,13,14,15,16). The van der Waals surface area contributed by atoms with Crippen LogP contribution in [0.2, 0.25) is 5.15 Å². The second kappa shape index (κ2) is 4.34. The second-order valence-corrected chi connectivity index (χ2v) is 4.78. The molecule has 84 valence electrons. The number of aromatic nitrogens is 4. The van der Waals surface area contributed by atoms with Gasteiger partial charge in [0.15, 0.2) is 10.8 Å². The first-order valence-electron chi connectivity index (χ1n) is 4.39. The Labute approximate surface area is 104 Å². The zero-order valence-electron chi connectivity index (χ0n) is 8.16. The van der Waals surface area contributed by atoms with Crippen LogP contribution >= 0.6 is 27.5 Å². The Hall–Kier alpha value is -1.21. The van der Waals surface area contributed by atoms with Crippen molar-refractivity contribution in [2.75, 3.05) is 5.32 Å². The molecule has 1 atom stereocenters. The summed E-state index contributed by atoms with van der Waals surface area (Å²) >= 11 is 9.02. The van der Waals surface area contributed by atoms with Crippen molar-refractivity contribution >= 4 is 50.6 Å². The average molecular weight is 305 g/mol. The summed E-state index contributed by atoms with van der Waals surface area (Å²) in [6.45, 7) is 1.70. The van der Waals surface area contributed by atoms with Crippen molar-refractivity contribution in [3.8, 4) is 0 Å². The number of rotatable bonds is 2. The molecule has 2 N–H and O–H groups in total. The molecule has 1 amide bonds. The number of hydrogen-bond acceptors (Lipinski definition) is 4. The number of nitrogens with zero attached hydrogens (tertiary/aromatic N) is 3. The van der Waals surface area contributed by atoms with E-state index in [2.05, 4.69) is 41.2 Å². The SMILES string of the molecule is CC(Br)C(=O)Nc1nc(Cl)c2[nH]cnc2n1. The van der Waals surface area contributed by atoms with Crippen LogP contribution in [0.25, 0.3) is 11.2 Å². The van der Waals surface area contributed by atoms with Crippen LogP contribution < -0.4 is 5.32 Å². The fourth-order valence-corrected chi connectivity index (χ4v) is 1.40. The van der Waals surface area contributed by atoms with Crippen molar-refractivity contribution in [1.82, 2.24) is 19.9 Å². The number of alkyl halides is 1. The van der Waals surface area contributed by atoms with E-state index in [1.54, 1.807) is 6.92 Å². The summed E-state index contributed by atoms with van der Waals surface area (Å²) in [6, 6.07) is 0. The number of fused-ring (bicyclic) bond motifs is 1. The third-order valence-electron chi connectivity index (χ3n) is 1.84. The first-order chi connectivity index (χ1) is 7.58. The van der Waals surface area contributed by atoms with Crippen LogP contribution in [0.5, 0.6) is 0 Å². The number of hydrogen-bond donors (Lipinski definition) is 2. The fraction of sp³-hybridized carbons (Fsp3) is 0.250. The van der Waals surface area contributed by atoms with E-state index in [0.29, 0.717) is 11.2 Å². The fourth-order valence-electron chi connectivity index (χ4n) is 1.06. The van der Waals surface area contributed by atoms with Gasteiger partial charge in [0.25, 0.3) is 0 Å². The highest BCUT2D eigenvalue weighted by molar-refractivity contribution is 9.10. The monoisotopic (exact) mass is 303 g/mol. The Kier molecular flexibility index (Phi) is 3.06. The summed E-state index contributed by atoms with van der Waals surface area (Å²) in [7, 11) is 0. The highest BCUT2D eigenvalue weighted by Gasteiger charge is 2.13. The number of carbonyl (C=O) groups is 1. The van der Waals surface area contributed by atoms with Gasteiger partial charge < -0.3 is 4.98 Å². The van der Waals surface area contributed by atoms with E-state index >= 15 is 0 Å². The highest BCUT2D eigenvalue weighted by atomic mass is 79.9. The zero-order valence-corrected chi connectivity index (χ0v) is 10.5. The minimum absolute atomic E-state index is 0.140. The molecule has 0 saturated carbocycles. The summed E-state index contributed by atoms with van der Waals surface area (Å²) in [4.78, 5) is 25.8. The highest BCUT2D eigenvalue weighted by Crippen LogP contribution is 2.18. The topological polar surface area (TPSA) is 83.6 Å². The molecule has 6 nitrogen and oxygen atoms in total. The third-order valence-corrected chi connectivity index (χ3v) is 2.53. The average Bonchev–Trinajstić information content (AvgIpc) is 2.65. The molecule has 0 aliphatic heterocycles. The lowest BCUT2D eigenvalue weighted by Gasteiger charge is -2.04. The maximum Gasteiger partial charge on any atom is 0.240 e. The van der Waals surface area contributed by atoms with Crippen molar-refractivity contribution in [3.63, 3.8) is 0 Å². The molecule has 0 aromatic carbocycles. The van der Waals surface area contributed by atoms with Gasteiger partial charge >= 0.3 is 0 Å². The molecule has 0 saturated heterocycles. The molecule has 2 rings (SSSR count). The van der Waals surface area contributed by atoms with Crippen LogP contribution in [0.3, 0.4) is 0 Å². The van der Waals surface area contributed by atoms with E-state index in [4.69, 9.17) is 11.6 Å². The molecule has 2 aromatic rings. The van der Waals surface area contributed by atoms with Crippen LogP contribution in [0.15, 0.2) is 6.33 Å². The van der Waals surface area contributed by atoms with Crippen molar-refractivity contribution in [2.45, 2.75) is 11.8 Å². The first kappa shape index (κ1) is 11.3. The molecule has 1 unspecified atom stereocenters. The van der Waals surface area contributed by atoms with Crippen LogP contribution in [0.1, 0.15) is 6.92 Å². The van der Waals surface area contributed by atoms with Crippen molar-refractivity contribution in [3.05, 3.63) is 11.5 Å². The van der Waals surface area contributed by atoms with Gasteiger partial charge in [0.2, 0.25) is 11.9 Å². The van der Waals surface area contributed by atoms with Gasteiger partial charge in [0.05, 0.1) is 11.2 Å². The van der Waals surface area contributed by atoms with Crippen molar-refractivity contribution < 1.29 is 4.79 Å². The quantitative estimate of drug-likeness (QED) is 0.654. The van der Waals surface area contributed by atoms with E-state index < -0.39 is 0 Å². The number of H-pyrrole nitrogens is 1. The Balaban J connectivity index is 2.35. The van der Waals surface area contributed by atoms with Crippen LogP contribution in [0, 0.1) is 0 Å². The number of imidazole rings is 1. The molecule has 0 bridgehead atoms. The van der Waals surface area contributed by atoms with Gasteiger partial charge in [-0.15, -0.1) is 0 Å². The molecule has 0 spiro atoms. The smallest absolute Gasteiger partial charge is 0.240 e. The number of nitrogens with one attached hydrogen (secondary N) is 2. The minimum Gasteiger partial charge on any atom is -0.341 e. The molecule has 2 heterocycles. The van der Waals surface area contributed by atoms with E-state index in [0.717, 1.165) is 0 Å². The predicted molar refractivity (Wildman–Crippen MR) is 63.7 cm³/mol. The molecule has 0 aliphatic carbocycles. The van der Waals surface area contributed by atoms with Crippen LogP contribution in [-0.4, -0.2) is 30.7 Å². The maximum absolute atomic E-state index is 11.4. The lowest BCUT2D eigenvalue weighted by molar-refractivity contribution is -0.115. The molecule has 0 radical (unpaired) electrons. The first-order valence-corrected chi connectivity index (χ1v) is 5.69. The van der Waals surface area contributed by atoms with Gasteiger partial charge in [0.1, 0.15) is 5.52 Å². The summed E-state index contributed by atoms with van der Waals surface area (Å²) in [5, 5.41) is 2.74. The number of anilines is 1. The third kappa shape index (κ3) is 2.14. The van der Waals surface area contributed by atoms with Gasteiger partial charge in [-0.3, -0.25) is 10.1 Å². The lowest BCUT2D eigenvalue weighted by atomic mass is 10.4. The van der Waals surface area contributed by atoms with Gasteiger partial charge in [-0.25, -0.2) is 4.98 Å². The Morgan fingerprint density at radius 2 is 2.38 bits per heavy atom. The van der Waals surface area contributed by atoms with Gasteiger partial charge in [-0.1, -0.05) is 27.5 Å². The number of carbonyl (C=O) groups excluding carboxylic acids is 1. The van der Waals surface area contributed by atoms with Crippen LogP contribution in [-0.2, 0) is 4.79 Å².